The molecular formula is C12H15FN2O2S. The Morgan fingerprint density at radius 1 is 1.50 bits per heavy atom. The zero-order chi connectivity index (χ0) is 13.9. The second-order valence-corrected chi connectivity index (χ2v) is 5.69. The van der Waals surface area contributed by atoms with Gasteiger partial charge in [-0.15, -0.1) is 6.42 Å². The van der Waals surface area contributed by atoms with Crippen molar-refractivity contribution < 1.29 is 12.8 Å². The van der Waals surface area contributed by atoms with Gasteiger partial charge in [-0.3, -0.25) is 0 Å². The van der Waals surface area contributed by atoms with Crippen molar-refractivity contribution in [1.29, 1.82) is 0 Å². The Balaban J connectivity index is 3.41. The molecule has 1 rings (SSSR count). The topological polar surface area (TPSA) is 63.4 Å². The number of hydrogen-bond acceptors (Lipinski definition) is 3. The maximum Gasteiger partial charge on any atom is 0.246 e. The molecule has 0 radical (unpaired) electrons. The maximum absolute atomic E-state index is 13.9. The van der Waals surface area contributed by atoms with Gasteiger partial charge in [0.15, 0.2) is 0 Å². The van der Waals surface area contributed by atoms with Crippen LogP contribution in [0.2, 0.25) is 0 Å². The highest BCUT2D eigenvalue weighted by Gasteiger charge is 2.27. The van der Waals surface area contributed by atoms with E-state index in [1.54, 1.807) is 6.92 Å². The molecule has 0 aromatic heterocycles. The lowest BCUT2D eigenvalue weighted by Crippen LogP contribution is -2.32. The van der Waals surface area contributed by atoms with Crippen molar-refractivity contribution in [1.82, 2.24) is 4.31 Å². The fourth-order valence-electron chi connectivity index (χ4n) is 1.56. The summed E-state index contributed by atoms with van der Waals surface area (Å²) in [4.78, 5) is -0.433. The average molecular weight is 270 g/mol. The van der Waals surface area contributed by atoms with Gasteiger partial charge in [0.05, 0.1) is 6.54 Å². The minimum Gasteiger partial charge on any atom is -0.399 e. The van der Waals surface area contributed by atoms with E-state index in [0.29, 0.717) is 0 Å². The van der Waals surface area contributed by atoms with Gasteiger partial charge in [-0.25, -0.2) is 12.8 Å². The van der Waals surface area contributed by atoms with Crippen molar-refractivity contribution in [3.05, 3.63) is 23.5 Å². The fraction of sp³-hybridized carbons (Fsp3) is 0.333. The summed E-state index contributed by atoms with van der Waals surface area (Å²) in [5, 5.41) is 0. The quantitative estimate of drug-likeness (QED) is 0.663. The molecule has 0 heterocycles. The van der Waals surface area contributed by atoms with Crippen LogP contribution in [-0.2, 0) is 10.0 Å². The van der Waals surface area contributed by atoms with Crippen molar-refractivity contribution in [2.45, 2.75) is 18.7 Å². The van der Waals surface area contributed by atoms with Crippen LogP contribution in [0.3, 0.4) is 0 Å². The van der Waals surface area contributed by atoms with E-state index >= 15 is 0 Å². The molecule has 6 heteroatoms. The molecule has 0 aliphatic carbocycles. The first-order valence-electron chi connectivity index (χ1n) is 5.33. The van der Waals surface area contributed by atoms with E-state index < -0.39 is 20.7 Å². The molecule has 1 aromatic carbocycles. The number of anilines is 1. The van der Waals surface area contributed by atoms with Gasteiger partial charge in [-0.05, 0) is 24.6 Å². The second kappa shape index (κ2) is 5.38. The molecule has 0 aliphatic heterocycles. The van der Waals surface area contributed by atoms with Crippen LogP contribution in [0.15, 0.2) is 17.0 Å². The lowest BCUT2D eigenvalue weighted by atomic mass is 10.2. The van der Waals surface area contributed by atoms with Crippen molar-refractivity contribution >= 4 is 15.7 Å². The summed E-state index contributed by atoms with van der Waals surface area (Å²) in [6.07, 6.45) is 5.10. The molecule has 0 bridgehead atoms. The number of nitrogens with two attached hydrogens (primary N) is 1. The Morgan fingerprint density at radius 3 is 2.61 bits per heavy atom. The third-order valence-corrected chi connectivity index (χ3v) is 4.40. The number of hydrogen-bond donors (Lipinski definition) is 1. The van der Waals surface area contributed by atoms with Gasteiger partial charge >= 0.3 is 0 Å². The first kappa shape index (κ1) is 14.5. The van der Waals surface area contributed by atoms with Crippen LogP contribution in [0, 0.1) is 25.1 Å². The molecule has 0 saturated carbocycles. The third-order valence-electron chi connectivity index (χ3n) is 2.48. The summed E-state index contributed by atoms with van der Waals surface area (Å²) in [6.45, 7) is 3.15. The van der Waals surface area contributed by atoms with Crippen LogP contribution in [0.5, 0.6) is 0 Å². The SMILES string of the molecule is C#CCN(CC)S(=O)(=O)c1cc(N)cc(C)c1F. The van der Waals surface area contributed by atoms with Gasteiger partial charge < -0.3 is 5.73 Å². The summed E-state index contributed by atoms with van der Waals surface area (Å²) in [7, 11) is -3.95. The molecule has 0 atom stereocenters. The molecule has 0 fully saturated rings. The first-order valence-corrected chi connectivity index (χ1v) is 6.77. The van der Waals surface area contributed by atoms with Crippen LogP contribution in [0.25, 0.3) is 0 Å². The Kier molecular flexibility index (Phi) is 4.33. The predicted octanol–water partition coefficient (Wildman–Crippen LogP) is 1.36. The first-order chi connectivity index (χ1) is 8.34. The summed E-state index contributed by atoms with van der Waals surface area (Å²) < 4.78 is 39.3. The molecule has 18 heavy (non-hydrogen) atoms. The third kappa shape index (κ3) is 2.63. The van der Waals surface area contributed by atoms with Crippen molar-refractivity contribution in [2.75, 3.05) is 18.8 Å². The smallest absolute Gasteiger partial charge is 0.246 e. The van der Waals surface area contributed by atoms with Crippen molar-refractivity contribution in [3.8, 4) is 12.3 Å². The monoisotopic (exact) mass is 270 g/mol. The molecule has 0 unspecified atom stereocenters. The lowest BCUT2D eigenvalue weighted by Gasteiger charge is -2.19. The van der Waals surface area contributed by atoms with E-state index in [1.165, 1.54) is 13.0 Å². The highest BCUT2D eigenvalue weighted by atomic mass is 32.2. The molecule has 1 aromatic rings. The zero-order valence-electron chi connectivity index (χ0n) is 10.3. The van der Waals surface area contributed by atoms with E-state index in [-0.39, 0.29) is 24.3 Å². The normalized spacial score (nSPS) is 11.5. The van der Waals surface area contributed by atoms with Gasteiger partial charge in [0.2, 0.25) is 10.0 Å². The Hall–Kier alpha value is -1.58. The molecular weight excluding hydrogens is 255 g/mol. The van der Waals surface area contributed by atoms with Gasteiger partial charge in [-0.2, -0.15) is 4.31 Å². The van der Waals surface area contributed by atoms with Gasteiger partial charge in [-0.1, -0.05) is 12.8 Å². The number of halogens is 1. The number of rotatable bonds is 4. The molecule has 0 saturated heterocycles. The van der Waals surface area contributed by atoms with Crippen LogP contribution in [-0.4, -0.2) is 25.8 Å². The number of aryl methyl sites for hydroxylation is 1. The van der Waals surface area contributed by atoms with E-state index in [2.05, 4.69) is 5.92 Å². The lowest BCUT2D eigenvalue weighted by molar-refractivity contribution is 0.457. The summed E-state index contributed by atoms with van der Waals surface area (Å²) in [6, 6.07) is 2.49. The summed E-state index contributed by atoms with van der Waals surface area (Å²) >= 11 is 0. The molecule has 4 nitrogen and oxygen atoms in total. The maximum atomic E-state index is 13.9. The van der Waals surface area contributed by atoms with Gasteiger partial charge in [0, 0.05) is 12.2 Å². The molecule has 2 N–H and O–H groups in total. The summed E-state index contributed by atoms with van der Waals surface area (Å²) in [5.41, 5.74) is 5.93. The molecule has 98 valence electrons. The molecule has 0 spiro atoms. The Bertz CT molecular complexity index is 591. The minimum absolute atomic E-state index is 0.105. The van der Waals surface area contributed by atoms with E-state index in [1.807, 2.05) is 0 Å². The van der Waals surface area contributed by atoms with Crippen LogP contribution >= 0.6 is 0 Å². The predicted molar refractivity (Wildman–Crippen MR) is 68.8 cm³/mol. The zero-order valence-corrected chi connectivity index (χ0v) is 11.1. The number of nitrogen functional groups attached to an aromatic ring is 1. The van der Waals surface area contributed by atoms with Crippen molar-refractivity contribution in [2.24, 2.45) is 0 Å². The van der Waals surface area contributed by atoms with E-state index in [0.717, 1.165) is 10.4 Å². The summed E-state index contributed by atoms with van der Waals surface area (Å²) in [5.74, 6) is 1.44. The van der Waals surface area contributed by atoms with Crippen molar-refractivity contribution in [3.63, 3.8) is 0 Å². The number of nitrogens with zero attached hydrogens (tertiary/aromatic N) is 1. The Morgan fingerprint density at radius 2 is 2.11 bits per heavy atom. The molecule has 0 aliphatic rings. The number of sulfonamides is 1. The number of terminal acetylenes is 1. The van der Waals surface area contributed by atoms with Crippen LogP contribution in [0.1, 0.15) is 12.5 Å². The standard InChI is InChI=1S/C12H15FN2O2S/c1-4-6-15(5-2)18(16,17)11-8-10(14)7-9(3)12(11)13/h1,7-8H,5-6,14H2,2-3H3. The van der Waals surface area contributed by atoms with Gasteiger partial charge in [0.25, 0.3) is 0 Å². The minimum atomic E-state index is -3.95. The average Bonchev–Trinajstić information content (AvgIpc) is 2.30. The fourth-order valence-corrected chi connectivity index (χ4v) is 3.09. The largest absolute Gasteiger partial charge is 0.399 e. The second-order valence-electron chi connectivity index (χ2n) is 3.79. The van der Waals surface area contributed by atoms with Crippen LogP contribution < -0.4 is 5.73 Å². The highest BCUT2D eigenvalue weighted by molar-refractivity contribution is 7.89. The van der Waals surface area contributed by atoms with E-state index in [4.69, 9.17) is 12.2 Å². The highest BCUT2D eigenvalue weighted by Crippen LogP contribution is 2.24. The number of benzene rings is 1. The molecule has 0 amide bonds. The van der Waals surface area contributed by atoms with Gasteiger partial charge in [0.1, 0.15) is 10.7 Å². The Labute approximate surface area is 107 Å². The van der Waals surface area contributed by atoms with E-state index in [9.17, 15) is 12.8 Å². The van der Waals surface area contributed by atoms with Crippen LogP contribution in [0.4, 0.5) is 10.1 Å².